The summed E-state index contributed by atoms with van der Waals surface area (Å²) in [6, 6.07) is 5.90. The number of hydrogen-bond donors (Lipinski definition) is 1. The highest BCUT2D eigenvalue weighted by Gasteiger charge is 2.14. The Hall–Kier alpha value is -1.64. The van der Waals surface area contributed by atoms with Crippen molar-refractivity contribution in [2.75, 3.05) is 6.54 Å². The summed E-state index contributed by atoms with van der Waals surface area (Å²) in [5.74, 6) is 2.09. The van der Waals surface area contributed by atoms with Crippen molar-refractivity contribution < 1.29 is 13.2 Å². The summed E-state index contributed by atoms with van der Waals surface area (Å²) in [6.07, 6.45) is 5.32. The number of sulfonamides is 1. The Morgan fingerprint density at radius 1 is 1.47 bits per heavy atom. The lowest BCUT2D eigenvalue weighted by Crippen LogP contribution is -2.24. The molecule has 0 unspecified atom stereocenters. The summed E-state index contributed by atoms with van der Waals surface area (Å²) in [7, 11) is -3.63. The first kappa shape index (κ1) is 13.4. The van der Waals surface area contributed by atoms with Crippen molar-refractivity contribution in [2.24, 2.45) is 0 Å². The number of Topliss-reactive ketones (excluding diaryl/α,β-unsaturated/α-hetero) is 1. The first-order chi connectivity index (χ1) is 8.01. The van der Waals surface area contributed by atoms with Crippen LogP contribution in [0.3, 0.4) is 0 Å². The fraction of sp³-hybridized carbons (Fsp3) is 0.250. The molecule has 5 heteroatoms. The highest BCUT2D eigenvalue weighted by molar-refractivity contribution is 7.89. The SMILES string of the molecule is C#CCNS(=O)(=O)c1cccc(C(=O)CC)c1. The molecule has 0 saturated heterocycles. The average molecular weight is 251 g/mol. The predicted octanol–water partition coefficient (Wildman–Crippen LogP) is 1.19. The first-order valence-corrected chi connectivity index (χ1v) is 6.56. The van der Waals surface area contributed by atoms with Gasteiger partial charge in [0.25, 0.3) is 0 Å². The lowest BCUT2D eigenvalue weighted by atomic mass is 10.1. The molecule has 17 heavy (non-hydrogen) atoms. The molecular formula is C12H13NO3S. The van der Waals surface area contributed by atoms with Crippen LogP contribution >= 0.6 is 0 Å². The average Bonchev–Trinajstić information content (AvgIpc) is 2.35. The van der Waals surface area contributed by atoms with E-state index in [2.05, 4.69) is 10.6 Å². The van der Waals surface area contributed by atoms with E-state index in [4.69, 9.17) is 6.42 Å². The van der Waals surface area contributed by atoms with Crippen LogP contribution in [0, 0.1) is 12.3 Å². The fourth-order valence-corrected chi connectivity index (χ4v) is 2.24. The smallest absolute Gasteiger partial charge is 0.241 e. The van der Waals surface area contributed by atoms with Crippen molar-refractivity contribution in [3.63, 3.8) is 0 Å². The molecule has 0 aliphatic rings. The molecule has 0 amide bonds. The van der Waals surface area contributed by atoms with E-state index in [-0.39, 0.29) is 17.2 Å². The predicted molar refractivity (Wildman–Crippen MR) is 65.1 cm³/mol. The van der Waals surface area contributed by atoms with Crippen LogP contribution in [-0.2, 0) is 10.0 Å². The van der Waals surface area contributed by atoms with Crippen molar-refractivity contribution >= 4 is 15.8 Å². The van der Waals surface area contributed by atoms with Crippen LogP contribution in [0.4, 0.5) is 0 Å². The number of ketones is 1. The topological polar surface area (TPSA) is 63.2 Å². The van der Waals surface area contributed by atoms with E-state index >= 15 is 0 Å². The standard InChI is InChI=1S/C12H13NO3S/c1-3-8-13-17(15,16)11-7-5-6-10(9-11)12(14)4-2/h1,5-7,9,13H,4,8H2,2H3. The second-order valence-corrected chi connectivity index (χ2v) is 5.10. The normalized spacial score (nSPS) is 10.8. The van der Waals surface area contributed by atoms with E-state index in [9.17, 15) is 13.2 Å². The lowest BCUT2D eigenvalue weighted by molar-refractivity contribution is 0.0988. The van der Waals surface area contributed by atoms with Crippen molar-refractivity contribution in [1.82, 2.24) is 4.72 Å². The minimum atomic E-state index is -3.63. The van der Waals surface area contributed by atoms with Gasteiger partial charge in [0.15, 0.2) is 5.78 Å². The Morgan fingerprint density at radius 3 is 2.76 bits per heavy atom. The molecule has 0 aliphatic heterocycles. The molecule has 1 N–H and O–H groups in total. The fourth-order valence-electron chi connectivity index (χ4n) is 1.26. The summed E-state index contributed by atoms with van der Waals surface area (Å²) in [4.78, 5) is 11.5. The minimum Gasteiger partial charge on any atom is -0.294 e. The van der Waals surface area contributed by atoms with Gasteiger partial charge in [-0.2, -0.15) is 4.72 Å². The van der Waals surface area contributed by atoms with Gasteiger partial charge in [-0.25, -0.2) is 8.42 Å². The zero-order valence-corrected chi connectivity index (χ0v) is 10.3. The Morgan fingerprint density at radius 2 is 2.18 bits per heavy atom. The molecule has 0 bridgehead atoms. The van der Waals surface area contributed by atoms with Gasteiger partial charge in [0, 0.05) is 12.0 Å². The Bertz CT molecular complexity index is 555. The van der Waals surface area contributed by atoms with Gasteiger partial charge in [0.1, 0.15) is 0 Å². The van der Waals surface area contributed by atoms with Gasteiger partial charge < -0.3 is 0 Å². The van der Waals surface area contributed by atoms with Gasteiger partial charge in [-0.15, -0.1) is 6.42 Å². The van der Waals surface area contributed by atoms with Gasteiger partial charge in [-0.05, 0) is 12.1 Å². The quantitative estimate of drug-likeness (QED) is 0.631. The van der Waals surface area contributed by atoms with Crippen LogP contribution in [0.15, 0.2) is 29.2 Å². The number of hydrogen-bond acceptors (Lipinski definition) is 3. The van der Waals surface area contributed by atoms with Gasteiger partial charge in [0.05, 0.1) is 11.4 Å². The molecule has 0 saturated carbocycles. The Kier molecular flexibility index (Phi) is 4.44. The highest BCUT2D eigenvalue weighted by Crippen LogP contribution is 2.12. The van der Waals surface area contributed by atoms with Crippen LogP contribution < -0.4 is 4.72 Å². The molecule has 0 radical (unpaired) electrons. The number of nitrogens with one attached hydrogen (secondary N) is 1. The molecule has 4 nitrogen and oxygen atoms in total. The second kappa shape index (κ2) is 5.62. The maximum atomic E-state index is 11.7. The first-order valence-electron chi connectivity index (χ1n) is 5.07. The summed E-state index contributed by atoms with van der Waals surface area (Å²) < 4.78 is 25.7. The van der Waals surface area contributed by atoms with E-state index in [1.807, 2.05) is 0 Å². The van der Waals surface area contributed by atoms with Crippen molar-refractivity contribution in [1.29, 1.82) is 0 Å². The maximum Gasteiger partial charge on any atom is 0.241 e. The van der Waals surface area contributed by atoms with Gasteiger partial charge in [-0.3, -0.25) is 4.79 Å². The van der Waals surface area contributed by atoms with Crippen LogP contribution in [0.1, 0.15) is 23.7 Å². The van der Waals surface area contributed by atoms with Crippen molar-refractivity contribution in [3.05, 3.63) is 29.8 Å². The summed E-state index contributed by atoms with van der Waals surface area (Å²) >= 11 is 0. The van der Waals surface area contributed by atoms with Gasteiger partial charge in [0.2, 0.25) is 10.0 Å². The third kappa shape index (κ3) is 3.41. The van der Waals surface area contributed by atoms with Gasteiger partial charge >= 0.3 is 0 Å². The third-order valence-electron chi connectivity index (χ3n) is 2.15. The molecule has 1 aromatic rings. The second-order valence-electron chi connectivity index (χ2n) is 3.33. The van der Waals surface area contributed by atoms with E-state index in [0.717, 1.165) is 0 Å². The number of benzene rings is 1. The number of carbonyl (C=O) groups is 1. The summed E-state index contributed by atoms with van der Waals surface area (Å²) in [5, 5.41) is 0. The van der Waals surface area contributed by atoms with Gasteiger partial charge in [-0.1, -0.05) is 25.0 Å². The number of carbonyl (C=O) groups excluding carboxylic acids is 1. The molecule has 1 aromatic carbocycles. The Labute approximate surface area is 101 Å². The van der Waals surface area contributed by atoms with Crippen molar-refractivity contribution in [2.45, 2.75) is 18.2 Å². The molecule has 0 heterocycles. The lowest BCUT2D eigenvalue weighted by Gasteiger charge is -2.05. The van der Waals surface area contributed by atoms with Crippen LogP contribution in [0.25, 0.3) is 0 Å². The molecule has 0 aromatic heterocycles. The number of terminal acetylenes is 1. The van der Waals surface area contributed by atoms with E-state index in [0.29, 0.717) is 12.0 Å². The zero-order chi connectivity index (χ0) is 12.9. The molecule has 0 fully saturated rings. The monoisotopic (exact) mass is 251 g/mol. The zero-order valence-electron chi connectivity index (χ0n) is 9.43. The summed E-state index contributed by atoms with van der Waals surface area (Å²) in [5.41, 5.74) is 0.385. The molecule has 1 rings (SSSR count). The van der Waals surface area contributed by atoms with Crippen molar-refractivity contribution in [3.8, 4) is 12.3 Å². The van der Waals surface area contributed by atoms with E-state index in [1.165, 1.54) is 18.2 Å². The molecule has 90 valence electrons. The number of rotatable bonds is 5. The third-order valence-corrected chi connectivity index (χ3v) is 3.55. The largest absolute Gasteiger partial charge is 0.294 e. The van der Waals surface area contributed by atoms with Crippen LogP contribution in [-0.4, -0.2) is 20.7 Å². The highest BCUT2D eigenvalue weighted by atomic mass is 32.2. The molecule has 0 spiro atoms. The molecule has 0 aliphatic carbocycles. The maximum absolute atomic E-state index is 11.7. The van der Waals surface area contributed by atoms with Crippen LogP contribution in [0.2, 0.25) is 0 Å². The Balaban J connectivity index is 3.08. The minimum absolute atomic E-state index is 0.0482. The van der Waals surface area contributed by atoms with E-state index < -0.39 is 10.0 Å². The molecule has 0 atom stereocenters. The summed E-state index contributed by atoms with van der Waals surface area (Å²) in [6.45, 7) is 1.65. The van der Waals surface area contributed by atoms with Crippen LogP contribution in [0.5, 0.6) is 0 Å². The molecular weight excluding hydrogens is 238 g/mol. The van der Waals surface area contributed by atoms with E-state index in [1.54, 1.807) is 13.0 Å².